The number of pyridine rings is 1. The molecule has 0 radical (unpaired) electrons. The first-order chi connectivity index (χ1) is 11.5. The Morgan fingerprint density at radius 2 is 2.25 bits per heavy atom. The molecule has 0 aliphatic carbocycles. The lowest BCUT2D eigenvalue weighted by Crippen LogP contribution is -2.15. The van der Waals surface area contributed by atoms with E-state index < -0.39 is 10.9 Å². The number of non-ortho nitro benzene ring substituents is 1. The van der Waals surface area contributed by atoms with E-state index in [0.717, 1.165) is 0 Å². The molecule has 0 spiro atoms. The summed E-state index contributed by atoms with van der Waals surface area (Å²) in [6.45, 7) is 0.0203. The molecule has 2 aromatic rings. The number of fused-ring (bicyclic) bond motifs is 1. The van der Waals surface area contributed by atoms with Crippen molar-refractivity contribution in [3.8, 4) is 5.75 Å². The van der Waals surface area contributed by atoms with E-state index in [1.807, 2.05) is 0 Å². The molecule has 2 heterocycles. The van der Waals surface area contributed by atoms with E-state index in [-0.39, 0.29) is 31.4 Å². The van der Waals surface area contributed by atoms with Gasteiger partial charge in [-0.3, -0.25) is 10.1 Å². The smallest absolute Gasteiger partial charge is 0.357 e. The van der Waals surface area contributed by atoms with Gasteiger partial charge in [-0.15, -0.1) is 0 Å². The average Bonchev–Trinajstić information content (AvgIpc) is 2.59. The Hall–Kier alpha value is -2.71. The van der Waals surface area contributed by atoms with Crippen LogP contribution in [0.2, 0.25) is 5.02 Å². The number of hydrogen-bond acceptors (Lipinski definition) is 7. The van der Waals surface area contributed by atoms with Crippen LogP contribution in [0.5, 0.6) is 5.75 Å². The first kappa shape index (κ1) is 16.2. The molecule has 0 saturated heterocycles. The summed E-state index contributed by atoms with van der Waals surface area (Å²) >= 11 is 5.80. The van der Waals surface area contributed by atoms with Gasteiger partial charge in [0, 0.05) is 34.5 Å². The third-order valence-electron chi connectivity index (χ3n) is 3.27. The topological polar surface area (TPSA) is 101 Å². The van der Waals surface area contributed by atoms with E-state index >= 15 is 0 Å². The van der Waals surface area contributed by atoms with Crippen molar-refractivity contribution >= 4 is 23.3 Å². The molecule has 1 aliphatic heterocycles. The van der Waals surface area contributed by atoms with Gasteiger partial charge in [0.25, 0.3) is 5.69 Å². The van der Waals surface area contributed by atoms with Gasteiger partial charge in [-0.25, -0.2) is 9.78 Å². The predicted octanol–water partition coefficient (Wildman–Crippen LogP) is 2.87. The van der Waals surface area contributed by atoms with Crippen molar-refractivity contribution in [2.75, 3.05) is 6.79 Å². The summed E-state index contributed by atoms with van der Waals surface area (Å²) in [4.78, 5) is 26.4. The van der Waals surface area contributed by atoms with E-state index in [1.165, 1.54) is 30.5 Å². The maximum atomic E-state index is 12.0. The van der Waals surface area contributed by atoms with Gasteiger partial charge in [0.15, 0.2) is 6.79 Å². The van der Waals surface area contributed by atoms with Crippen molar-refractivity contribution in [2.24, 2.45) is 0 Å². The monoisotopic (exact) mass is 350 g/mol. The van der Waals surface area contributed by atoms with E-state index in [0.29, 0.717) is 21.9 Å². The fourth-order valence-corrected chi connectivity index (χ4v) is 2.39. The summed E-state index contributed by atoms with van der Waals surface area (Å²) in [5.41, 5.74) is 0.834. The van der Waals surface area contributed by atoms with Gasteiger partial charge >= 0.3 is 5.97 Å². The minimum absolute atomic E-state index is 0.0294. The lowest BCUT2D eigenvalue weighted by molar-refractivity contribution is -0.385. The average molecular weight is 351 g/mol. The molecule has 1 aromatic heterocycles. The summed E-state index contributed by atoms with van der Waals surface area (Å²) in [5.74, 6) is -0.261. The third-order valence-corrected chi connectivity index (χ3v) is 3.51. The minimum atomic E-state index is -0.690. The van der Waals surface area contributed by atoms with Gasteiger partial charge in [-0.2, -0.15) is 0 Å². The number of nitro groups is 1. The number of esters is 1. The largest absolute Gasteiger partial charge is 0.467 e. The Bertz CT molecular complexity index is 811. The predicted molar refractivity (Wildman–Crippen MR) is 81.7 cm³/mol. The van der Waals surface area contributed by atoms with Crippen molar-refractivity contribution < 1.29 is 23.9 Å². The van der Waals surface area contributed by atoms with Crippen LogP contribution in [0.4, 0.5) is 5.69 Å². The maximum Gasteiger partial charge on any atom is 0.357 e. The van der Waals surface area contributed by atoms with Gasteiger partial charge in [0.1, 0.15) is 18.1 Å². The fraction of sp³-hybridized carbons (Fsp3) is 0.200. The van der Waals surface area contributed by atoms with Crippen molar-refractivity contribution in [3.05, 3.63) is 62.4 Å². The summed E-state index contributed by atoms with van der Waals surface area (Å²) in [5, 5.41) is 11.4. The Morgan fingerprint density at radius 1 is 1.42 bits per heavy atom. The molecule has 124 valence electrons. The number of aromatic nitrogens is 1. The number of benzene rings is 1. The highest BCUT2D eigenvalue weighted by atomic mass is 35.5. The van der Waals surface area contributed by atoms with Crippen LogP contribution >= 0.6 is 11.6 Å². The second kappa shape index (κ2) is 6.81. The van der Waals surface area contributed by atoms with Gasteiger partial charge in [0.2, 0.25) is 0 Å². The molecular formula is C15H11ClN2O6. The van der Waals surface area contributed by atoms with Crippen molar-refractivity contribution in [2.45, 2.75) is 13.2 Å². The SMILES string of the molecule is O=C(OCc1cc([N+](=O)[O-])cc2c1OCOC2)c1cc(Cl)ccn1. The molecule has 0 fully saturated rings. The summed E-state index contributed by atoms with van der Waals surface area (Å²) in [6.07, 6.45) is 1.38. The van der Waals surface area contributed by atoms with Gasteiger partial charge in [-0.1, -0.05) is 11.6 Å². The number of ether oxygens (including phenoxy) is 3. The zero-order valence-electron chi connectivity index (χ0n) is 12.2. The first-order valence-corrected chi connectivity index (χ1v) is 7.22. The van der Waals surface area contributed by atoms with Crippen LogP contribution in [-0.2, 0) is 22.7 Å². The lowest BCUT2D eigenvalue weighted by atomic mass is 10.1. The van der Waals surface area contributed by atoms with Crippen LogP contribution in [0.3, 0.4) is 0 Å². The third kappa shape index (κ3) is 3.44. The molecule has 1 aliphatic rings. The first-order valence-electron chi connectivity index (χ1n) is 6.84. The number of halogens is 1. The molecule has 0 N–H and O–H groups in total. The molecule has 9 heteroatoms. The van der Waals surface area contributed by atoms with E-state index in [1.54, 1.807) is 0 Å². The second-order valence-corrected chi connectivity index (χ2v) is 5.33. The van der Waals surface area contributed by atoms with Gasteiger partial charge in [-0.05, 0) is 12.1 Å². The number of hydrogen-bond donors (Lipinski definition) is 0. The Labute approximate surface area is 141 Å². The molecule has 3 rings (SSSR count). The van der Waals surface area contributed by atoms with Crippen molar-refractivity contribution in [1.29, 1.82) is 0 Å². The van der Waals surface area contributed by atoms with Gasteiger partial charge in [0.05, 0.1) is 11.5 Å². The molecule has 0 saturated carbocycles. The number of nitro benzene ring substituents is 1. The minimum Gasteiger partial charge on any atom is -0.467 e. The highest BCUT2D eigenvalue weighted by Gasteiger charge is 2.22. The van der Waals surface area contributed by atoms with Crippen LogP contribution in [0, 0.1) is 10.1 Å². The lowest BCUT2D eigenvalue weighted by Gasteiger charge is -2.20. The number of rotatable bonds is 4. The Kier molecular flexibility index (Phi) is 4.59. The number of carbonyl (C=O) groups excluding carboxylic acids is 1. The number of carbonyl (C=O) groups is 1. The fourth-order valence-electron chi connectivity index (χ4n) is 2.23. The van der Waals surface area contributed by atoms with E-state index in [9.17, 15) is 14.9 Å². The number of nitrogens with zero attached hydrogens (tertiary/aromatic N) is 2. The van der Waals surface area contributed by atoms with E-state index in [4.69, 9.17) is 25.8 Å². The molecule has 0 amide bonds. The maximum absolute atomic E-state index is 12.0. The van der Waals surface area contributed by atoms with Gasteiger partial charge < -0.3 is 14.2 Å². The Balaban J connectivity index is 1.82. The quantitative estimate of drug-likeness (QED) is 0.474. The van der Waals surface area contributed by atoms with E-state index in [2.05, 4.69) is 4.98 Å². The highest BCUT2D eigenvalue weighted by molar-refractivity contribution is 6.30. The zero-order valence-corrected chi connectivity index (χ0v) is 13.0. The molecule has 0 bridgehead atoms. The van der Waals surface area contributed by atoms with Crippen LogP contribution in [0.25, 0.3) is 0 Å². The van der Waals surface area contributed by atoms with Crippen LogP contribution in [0.15, 0.2) is 30.5 Å². The Morgan fingerprint density at radius 3 is 3.00 bits per heavy atom. The molecule has 0 unspecified atom stereocenters. The summed E-state index contributed by atoms with van der Waals surface area (Å²) in [6, 6.07) is 5.58. The standard InChI is InChI=1S/C15H11ClN2O6/c16-11-1-2-17-13(5-11)15(19)23-7-10-4-12(18(20)21)3-9-6-22-8-24-14(9)10/h1-5H,6-8H2. The molecule has 1 aromatic carbocycles. The summed E-state index contributed by atoms with van der Waals surface area (Å²) in [7, 11) is 0. The van der Waals surface area contributed by atoms with Crippen LogP contribution < -0.4 is 4.74 Å². The van der Waals surface area contributed by atoms with Crippen LogP contribution in [0.1, 0.15) is 21.6 Å². The van der Waals surface area contributed by atoms with Crippen LogP contribution in [-0.4, -0.2) is 22.7 Å². The van der Waals surface area contributed by atoms with Crippen molar-refractivity contribution in [1.82, 2.24) is 4.98 Å². The normalized spacial score (nSPS) is 12.9. The van der Waals surface area contributed by atoms with Crippen molar-refractivity contribution in [3.63, 3.8) is 0 Å². The molecule has 0 atom stereocenters. The molecular weight excluding hydrogens is 340 g/mol. The molecule has 24 heavy (non-hydrogen) atoms. The summed E-state index contributed by atoms with van der Waals surface area (Å²) < 4.78 is 15.7. The zero-order chi connectivity index (χ0) is 17.1. The second-order valence-electron chi connectivity index (χ2n) is 4.90. The highest BCUT2D eigenvalue weighted by Crippen LogP contribution is 2.33. The molecule has 8 nitrogen and oxygen atoms in total.